The summed E-state index contributed by atoms with van der Waals surface area (Å²) in [5.74, 6) is 0.578. The molecule has 20 heavy (non-hydrogen) atoms. The predicted molar refractivity (Wildman–Crippen MR) is 84.8 cm³/mol. The third-order valence-corrected chi connectivity index (χ3v) is 3.00. The van der Waals surface area contributed by atoms with Gasteiger partial charge >= 0.3 is 0 Å². The van der Waals surface area contributed by atoms with Crippen LogP contribution in [0.25, 0.3) is 10.9 Å². The van der Waals surface area contributed by atoms with E-state index in [0.29, 0.717) is 29.5 Å². The van der Waals surface area contributed by atoms with Gasteiger partial charge in [0.1, 0.15) is 10.8 Å². The molecule has 0 aliphatic rings. The Labute approximate surface area is 122 Å². The van der Waals surface area contributed by atoms with Gasteiger partial charge in [0.05, 0.1) is 11.1 Å². The highest BCUT2D eigenvalue weighted by atomic mass is 32.1. The van der Waals surface area contributed by atoms with Gasteiger partial charge in [0.15, 0.2) is 0 Å². The number of pyridine rings is 1. The number of rotatable bonds is 5. The minimum Gasteiger partial charge on any atom is -0.389 e. The van der Waals surface area contributed by atoms with Crippen molar-refractivity contribution >= 4 is 39.8 Å². The lowest BCUT2D eigenvalue weighted by molar-refractivity contribution is -0.118. The number of fused-ring (bicyclic) bond motifs is 1. The van der Waals surface area contributed by atoms with Crippen molar-refractivity contribution in [1.29, 1.82) is 0 Å². The van der Waals surface area contributed by atoms with Crippen LogP contribution in [0.5, 0.6) is 0 Å². The number of carbonyl (C=O) groups excluding carboxylic acids is 1. The largest absolute Gasteiger partial charge is 0.389 e. The first-order valence-electron chi connectivity index (χ1n) is 6.26. The summed E-state index contributed by atoms with van der Waals surface area (Å²) in [5, 5.41) is 6.85. The SMILES string of the molecule is CC(=O)NCCNc1nc2ccccc2cc1C(N)=S. The quantitative estimate of drug-likeness (QED) is 0.573. The highest BCUT2D eigenvalue weighted by molar-refractivity contribution is 7.80. The molecule has 1 heterocycles. The summed E-state index contributed by atoms with van der Waals surface area (Å²) in [6.07, 6.45) is 0. The summed E-state index contributed by atoms with van der Waals surface area (Å²) >= 11 is 5.06. The molecular weight excluding hydrogens is 272 g/mol. The van der Waals surface area contributed by atoms with Crippen LogP contribution in [-0.2, 0) is 4.79 Å². The Morgan fingerprint density at radius 2 is 2.10 bits per heavy atom. The molecule has 1 aromatic carbocycles. The summed E-state index contributed by atoms with van der Waals surface area (Å²) in [7, 11) is 0. The van der Waals surface area contributed by atoms with Crippen molar-refractivity contribution < 1.29 is 4.79 Å². The van der Waals surface area contributed by atoms with Crippen molar-refractivity contribution in [2.24, 2.45) is 5.73 Å². The zero-order valence-corrected chi connectivity index (χ0v) is 12.0. The van der Waals surface area contributed by atoms with E-state index in [4.69, 9.17) is 18.0 Å². The molecule has 4 N–H and O–H groups in total. The molecule has 0 aliphatic heterocycles. The number of amides is 1. The van der Waals surface area contributed by atoms with Crippen molar-refractivity contribution in [2.75, 3.05) is 18.4 Å². The van der Waals surface area contributed by atoms with Crippen LogP contribution < -0.4 is 16.4 Å². The van der Waals surface area contributed by atoms with E-state index in [2.05, 4.69) is 15.6 Å². The van der Waals surface area contributed by atoms with Crippen LogP contribution in [0.1, 0.15) is 12.5 Å². The number of carbonyl (C=O) groups is 1. The Hall–Kier alpha value is -2.21. The second-order valence-corrected chi connectivity index (χ2v) is 4.79. The molecule has 0 fully saturated rings. The van der Waals surface area contributed by atoms with Gasteiger partial charge in [0.2, 0.25) is 5.91 Å². The molecule has 0 bridgehead atoms. The molecule has 0 unspecified atom stereocenters. The number of hydrogen-bond donors (Lipinski definition) is 3. The first-order chi connectivity index (χ1) is 9.58. The van der Waals surface area contributed by atoms with Gasteiger partial charge in [-0.05, 0) is 12.1 Å². The van der Waals surface area contributed by atoms with Gasteiger partial charge < -0.3 is 16.4 Å². The van der Waals surface area contributed by atoms with E-state index in [-0.39, 0.29) is 5.91 Å². The Morgan fingerprint density at radius 3 is 2.80 bits per heavy atom. The molecule has 2 rings (SSSR count). The van der Waals surface area contributed by atoms with Gasteiger partial charge in [-0.25, -0.2) is 4.98 Å². The van der Waals surface area contributed by atoms with Crippen LogP contribution in [0.15, 0.2) is 30.3 Å². The third-order valence-electron chi connectivity index (χ3n) is 2.78. The van der Waals surface area contributed by atoms with E-state index in [9.17, 15) is 4.79 Å². The van der Waals surface area contributed by atoms with Gasteiger partial charge in [-0.3, -0.25) is 4.79 Å². The zero-order valence-electron chi connectivity index (χ0n) is 11.1. The monoisotopic (exact) mass is 288 g/mol. The first-order valence-corrected chi connectivity index (χ1v) is 6.66. The van der Waals surface area contributed by atoms with E-state index in [0.717, 1.165) is 10.9 Å². The molecule has 0 spiro atoms. The lowest BCUT2D eigenvalue weighted by Crippen LogP contribution is -2.27. The van der Waals surface area contributed by atoms with Crippen molar-refractivity contribution in [3.05, 3.63) is 35.9 Å². The number of benzene rings is 1. The van der Waals surface area contributed by atoms with E-state index >= 15 is 0 Å². The van der Waals surface area contributed by atoms with Crippen LogP contribution >= 0.6 is 12.2 Å². The van der Waals surface area contributed by atoms with Crippen molar-refractivity contribution in [3.8, 4) is 0 Å². The number of anilines is 1. The summed E-state index contributed by atoms with van der Waals surface area (Å²) in [4.78, 5) is 15.6. The number of para-hydroxylation sites is 1. The van der Waals surface area contributed by atoms with Crippen LogP contribution in [-0.4, -0.2) is 29.0 Å². The molecule has 104 valence electrons. The summed E-state index contributed by atoms with van der Waals surface area (Å²) in [6, 6.07) is 9.68. The fourth-order valence-corrected chi connectivity index (χ4v) is 2.01. The summed E-state index contributed by atoms with van der Waals surface area (Å²) in [6.45, 7) is 2.55. The molecule has 5 nitrogen and oxygen atoms in total. The summed E-state index contributed by atoms with van der Waals surface area (Å²) < 4.78 is 0. The van der Waals surface area contributed by atoms with Gasteiger partial charge in [0.25, 0.3) is 0 Å². The minimum absolute atomic E-state index is 0.0622. The second-order valence-electron chi connectivity index (χ2n) is 4.35. The number of nitrogens with two attached hydrogens (primary N) is 1. The molecular formula is C14H16N4OS. The minimum atomic E-state index is -0.0622. The Balaban J connectivity index is 2.23. The molecule has 6 heteroatoms. The zero-order chi connectivity index (χ0) is 14.5. The van der Waals surface area contributed by atoms with E-state index < -0.39 is 0 Å². The van der Waals surface area contributed by atoms with E-state index in [1.807, 2.05) is 30.3 Å². The maximum absolute atomic E-state index is 10.8. The molecule has 0 radical (unpaired) electrons. The standard InChI is InChI=1S/C14H16N4OS/c1-9(19)16-6-7-17-14-11(13(15)20)8-10-4-2-3-5-12(10)18-14/h2-5,8H,6-7H2,1H3,(H2,15,20)(H,16,19)(H,17,18). The molecule has 0 aliphatic carbocycles. The highest BCUT2D eigenvalue weighted by Crippen LogP contribution is 2.20. The van der Waals surface area contributed by atoms with E-state index in [1.54, 1.807) is 0 Å². The predicted octanol–water partition coefficient (Wildman–Crippen LogP) is 1.42. The molecule has 2 aromatic rings. The number of aromatic nitrogens is 1. The molecule has 1 amide bonds. The van der Waals surface area contributed by atoms with Crippen molar-refractivity contribution in [1.82, 2.24) is 10.3 Å². The maximum atomic E-state index is 10.8. The van der Waals surface area contributed by atoms with Crippen molar-refractivity contribution in [3.63, 3.8) is 0 Å². The van der Waals surface area contributed by atoms with Crippen molar-refractivity contribution in [2.45, 2.75) is 6.92 Å². The number of nitrogens with one attached hydrogen (secondary N) is 2. The first kappa shape index (κ1) is 14.2. The number of thiocarbonyl (C=S) groups is 1. The fraction of sp³-hybridized carbons (Fsp3) is 0.214. The molecule has 0 atom stereocenters. The average molecular weight is 288 g/mol. The molecule has 1 aromatic heterocycles. The van der Waals surface area contributed by atoms with Gasteiger partial charge in [-0.2, -0.15) is 0 Å². The van der Waals surface area contributed by atoms with Gasteiger partial charge in [-0.1, -0.05) is 30.4 Å². The second kappa shape index (κ2) is 6.29. The number of hydrogen-bond acceptors (Lipinski definition) is 4. The average Bonchev–Trinajstić information content (AvgIpc) is 2.42. The Morgan fingerprint density at radius 1 is 1.35 bits per heavy atom. The van der Waals surface area contributed by atoms with Crippen LogP contribution in [0.4, 0.5) is 5.82 Å². The van der Waals surface area contributed by atoms with Crippen LogP contribution in [0.2, 0.25) is 0 Å². The highest BCUT2D eigenvalue weighted by Gasteiger charge is 2.08. The van der Waals surface area contributed by atoms with Gasteiger partial charge in [-0.15, -0.1) is 0 Å². The Bertz CT molecular complexity index is 657. The normalized spacial score (nSPS) is 10.2. The summed E-state index contributed by atoms with van der Waals surface area (Å²) in [5.41, 5.74) is 7.32. The van der Waals surface area contributed by atoms with E-state index in [1.165, 1.54) is 6.92 Å². The van der Waals surface area contributed by atoms with Gasteiger partial charge in [0, 0.05) is 25.4 Å². The molecule has 0 saturated carbocycles. The Kier molecular flexibility index (Phi) is 4.47. The third kappa shape index (κ3) is 3.42. The smallest absolute Gasteiger partial charge is 0.216 e. The lowest BCUT2D eigenvalue weighted by atomic mass is 10.1. The van der Waals surface area contributed by atoms with Crippen LogP contribution in [0.3, 0.4) is 0 Å². The number of nitrogens with zero attached hydrogens (tertiary/aromatic N) is 1. The maximum Gasteiger partial charge on any atom is 0.216 e. The van der Waals surface area contributed by atoms with Crippen LogP contribution in [0, 0.1) is 0 Å². The molecule has 0 saturated heterocycles. The fourth-order valence-electron chi connectivity index (χ4n) is 1.86. The topological polar surface area (TPSA) is 80.0 Å². The lowest BCUT2D eigenvalue weighted by Gasteiger charge is -2.12.